The van der Waals surface area contributed by atoms with Crippen LogP contribution < -0.4 is 0 Å². The molecule has 5 rings (SSSR count). The average Bonchev–Trinajstić information content (AvgIpc) is 3.72. The highest BCUT2D eigenvalue weighted by molar-refractivity contribution is 9.10. The third kappa shape index (κ3) is 6.06. The number of nitrogens with zero attached hydrogens (tertiary/aromatic N) is 5. The third-order valence-electron chi connectivity index (χ3n) is 8.52. The Hall–Kier alpha value is -2.32. The van der Waals surface area contributed by atoms with Gasteiger partial charge in [-0.3, -0.25) is 9.69 Å². The Morgan fingerprint density at radius 3 is 2.24 bits per heavy atom. The summed E-state index contributed by atoms with van der Waals surface area (Å²) in [6.45, 7) is 10.5. The molecule has 2 saturated heterocycles. The minimum atomic E-state index is 0.0675. The maximum Gasteiger partial charge on any atom is 0.257 e. The van der Waals surface area contributed by atoms with Gasteiger partial charge < -0.3 is 9.74 Å². The van der Waals surface area contributed by atoms with Crippen LogP contribution in [0.4, 0.5) is 0 Å². The topological polar surface area (TPSA) is 70.9 Å². The number of carbonyl (C=O) groups is 1. The van der Waals surface area contributed by atoms with E-state index in [-0.39, 0.29) is 11.4 Å². The fourth-order valence-electron chi connectivity index (χ4n) is 5.74. The number of oxime groups is 1. The van der Waals surface area contributed by atoms with Gasteiger partial charge in [0.2, 0.25) is 0 Å². The molecule has 1 aromatic carbocycles. The Kier molecular flexibility index (Phi) is 7.96. The Morgan fingerprint density at radius 1 is 1.03 bits per heavy atom. The van der Waals surface area contributed by atoms with E-state index in [1.165, 1.54) is 19.2 Å². The van der Waals surface area contributed by atoms with E-state index in [4.69, 9.17) is 4.84 Å². The predicted octanol–water partition coefficient (Wildman–Crippen LogP) is 5.39. The molecule has 2 aromatic rings. The van der Waals surface area contributed by atoms with Gasteiger partial charge in [-0.15, -0.1) is 0 Å². The highest BCUT2D eigenvalue weighted by Gasteiger charge is 2.39. The van der Waals surface area contributed by atoms with Gasteiger partial charge in [-0.05, 0) is 96.0 Å². The molecule has 7 nitrogen and oxygen atoms in total. The first-order chi connectivity index (χ1) is 17.8. The van der Waals surface area contributed by atoms with Crippen LogP contribution in [0.15, 0.2) is 40.2 Å². The molecule has 198 valence electrons. The third-order valence-corrected chi connectivity index (χ3v) is 9.05. The highest BCUT2D eigenvalue weighted by Crippen LogP contribution is 2.35. The predicted molar refractivity (Wildman–Crippen MR) is 149 cm³/mol. The molecule has 1 amide bonds. The van der Waals surface area contributed by atoms with Crippen LogP contribution in [0.1, 0.15) is 72.8 Å². The molecule has 3 fully saturated rings. The summed E-state index contributed by atoms with van der Waals surface area (Å²) in [6, 6.07) is 8.46. The lowest BCUT2D eigenvalue weighted by atomic mass is 9.82. The Bertz CT molecular complexity index is 1110. The van der Waals surface area contributed by atoms with Crippen molar-refractivity contribution in [2.45, 2.75) is 64.8 Å². The molecule has 1 aliphatic carbocycles. The van der Waals surface area contributed by atoms with E-state index in [2.05, 4.69) is 67.1 Å². The SMILES string of the molecule is Cc1ncnc(C)c1C(=O)N1CCC(C)(N2CCC(/C(=N\OCC3CC3)c3ccc(Br)cc3)CC2)CC1. The van der Waals surface area contributed by atoms with Gasteiger partial charge in [0.1, 0.15) is 12.9 Å². The van der Waals surface area contributed by atoms with Crippen LogP contribution in [0.2, 0.25) is 0 Å². The molecule has 1 aromatic heterocycles. The number of piperidine rings is 2. The zero-order chi connectivity index (χ0) is 26.0. The molecular formula is C29H38BrN5O2. The van der Waals surface area contributed by atoms with Gasteiger partial charge in [0.05, 0.1) is 22.7 Å². The van der Waals surface area contributed by atoms with E-state index in [1.807, 2.05) is 18.7 Å². The number of amides is 1. The maximum atomic E-state index is 13.2. The minimum absolute atomic E-state index is 0.0675. The van der Waals surface area contributed by atoms with E-state index in [1.54, 1.807) is 0 Å². The van der Waals surface area contributed by atoms with Crippen molar-refractivity contribution in [2.24, 2.45) is 17.0 Å². The number of halogens is 1. The lowest BCUT2D eigenvalue weighted by molar-refractivity contribution is 0.0160. The first-order valence-electron chi connectivity index (χ1n) is 13.6. The standard InChI is InChI=1S/C29H38BrN5O2/c1-20-26(21(2)32-19-31-20)28(36)34-16-12-29(3,13-17-34)35-14-10-24(11-15-35)27(33-37-18-22-4-5-22)23-6-8-25(30)9-7-23/h6-9,19,22,24H,4-5,10-18H2,1-3H3/b33-27-. The van der Waals surface area contributed by atoms with Gasteiger partial charge >= 0.3 is 0 Å². The smallest absolute Gasteiger partial charge is 0.257 e. The van der Waals surface area contributed by atoms with E-state index < -0.39 is 0 Å². The van der Waals surface area contributed by atoms with Crippen molar-refractivity contribution >= 4 is 27.5 Å². The molecule has 1 saturated carbocycles. The van der Waals surface area contributed by atoms with Crippen molar-refractivity contribution in [1.82, 2.24) is 19.8 Å². The quantitative estimate of drug-likeness (QED) is 0.331. The van der Waals surface area contributed by atoms with Crippen LogP contribution >= 0.6 is 15.9 Å². The van der Waals surface area contributed by atoms with Crippen molar-refractivity contribution in [3.05, 3.63) is 57.6 Å². The van der Waals surface area contributed by atoms with E-state index in [0.717, 1.165) is 85.6 Å². The first-order valence-corrected chi connectivity index (χ1v) is 14.4. The molecular weight excluding hydrogens is 530 g/mol. The van der Waals surface area contributed by atoms with Crippen LogP contribution in [-0.2, 0) is 4.84 Å². The van der Waals surface area contributed by atoms with Gasteiger partial charge in [-0.1, -0.05) is 33.2 Å². The molecule has 37 heavy (non-hydrogen) atoms. The summed E-state index contributed by atoms with van der Waals surface area (Å²) in [4.78, 5) is 32.2. The van der Waals surface area contributed by atoms with Crippen molar-refractivity contribution in [2.75, 3.05) is 32.8 Å². The number of hydrogen-bond acceptors (Lipinski definition) is 6. The molecule has 0 spiro atoms. The first kappa shape index (κ1) is 26.3. The van der Waals surface area contributed by atoms with Crippen molar-refractivity contribution in [1.29, 1.82) is 0 Å². The number of carbonyl (C=O) groups excluding carboxylic acids is 1. The molecule has 0 N–H and O–H groups in total. The fraction of sp³-hybridized carbons (Fsp3) is 0.586. The van der Waals surface area contributed by atoms with E-state index in [9.17, 15) is 4.79 Å². The number of aromatic nitrogens is 2. The van der Waals surface area contributed by atoms with Gasteiger partial charge in [0.25, 0.3) is 5.91 Å². The van der Waals surface area contributed by atoms with Crippen molar-refractivity contribution in [3.8, 4) is 0 Å². The average molecular weight is 569 g/mol. The van der Waals surface area contributed by atoms with E-state index in [0.29, 0.717) is 17.4 Å². The molecule has 0 bridgehead atoms. The van der Waals surface area contributed by atoms with Crippen LogP contribution in [-0.4, -0.2) is 69.7 Å². The summed E-state index contributed by atoms with van der Waals surface area (Å²) < 4.78 is 1.08. The molecule has 0 unspecified atom stereocenters. The molecule has 0 atom stereocenters. The largest absolute Gasteiger partial charge is 0.395 e. The van der Waals surface area contributed by atoms with Crippen LogP contribution in [0.5, 0.6) is 0 Å². The summed E-state index contributed by atoms with van der Waals surface area (Å²) >= 11 is 3.55. The van der Waals surface area contributed by atoms with Gasteiger partial charge in [-0.2, -0.15) is 0 Å². The summed E-state index contributed by atoms with van der Waals surface area (Å²) in [6.07, 6.45) is 8.16. The van der Waals surface area contributed by atoms with Gasteiger partial charge in [0, 0.05) is 29.0 Å². The van der Waals surface area contributed by atoms with Crippen LogP contribution in [0.25, 0.3) is 0 Å². The Labute approximate surface area is 228 Å². The number of rotatable bonds is 7. The Balaban J connectivity index is 1.20. The lowest BCUT2D eigenvalue weighted by Gasteiger charge is -2.49. The number of aryl methyl sites for hydroxylation is 2. The second-order valence-corrected chi connectivity index (χ2v) is 12.1. The van der Waals surface area contributed by atoms with Crippen LogP contribution in [0, 0.1) is 25.7 Å². The minimum Gasteiger partial charge on any atom is -0.395 e. The van der Waals surface area contributed by atoms with Crippen molar-refractivity contribution in [3.63, 3.8) is 0 Å². The molecule has 3 heterocycles. The second kappa shape index (κ2) is 11.2. The van der Waals surface area contributed by atoms with Gasteiger partial charge in [-0.25, -0.2) is 9.97 Å². The number of benzene rings is 1. The van der Waals surface area contributed by atoms with Crippen molar-refractivity contribution < 1.29 is 9.63 Å². The summed E-state index contributed by atoms with van der Waals surface area (Å²) in [5, 5.41) is 4.68. The lowest BCUT2D eigenvalue weighted by Crippen LogP contribution is -2.56. The molecule has 2 aliphatic heterocycles. The van der Waals surface area contributed by atoms with Crippen LogP contribution in [0.3, 0.4) is 0 Å². The molecule has 0 radical (unpaired) electrons. The molecule has 3 aliphatic rings. The summed E-state index contributed by atoms with van der Waals surface area (Å²) in [5.41, 5.74) is 4.54. The fourth-order valence-corrected chi connectivity index (χ4v) is 6.01. The van der Waals surface area contributed by atoms with E-state index >= 15 is 0 Å². The monoisotopic (exact) mass is 567 g/mol. The molecule has 8 heteroatoms. The summed E-state index contributed by atoms with van der Waals surface area (Å²) in [5.74, 6) is 1.15. The zero-order valence-corrected chi connectivity index (χ0v) is 23.8. The maximum absolute atomic E-state index is 13.2. The summed E-state index contributed by atoms with van der Waals surface area (Å²) in [7, 11) is 0. The number of likely N-dealkylation sites (tertiary alicyclic amines) is 2. The zero-order valence-electron chi connectivity index (χ0n) is 22.3. The number of hydrogen-bond donors (Lipinski definition) is 0. The second-order valence-electron chi connectivity index (χ2n) is 11.2. The van der Waals surface area contributed by atoms with Gasteiger partial charge in [0.15, 0.2) is 0 Å². The normalized spacial score (nSPS) is 21.2. The highest BCUT2D eigenvalue weighted by atomic mass is 79.9. The Morgan fingerprint density at radius 2 is 1.65 bits per heavy atom.